The van der Waals surface area contributed by atoms with Gasteiger partial charge < -0.3 is 4.74 Å². The van der Waals surface area contributed by atoms with E-state index in [0.717, 1.165) is 22.9 Å². The minimum atomic E-state index is 0.908. The van der Waals surface area contributed by atoms with Crippen LogP contribution in [0.1, 0.15) is 5.56 Å². The van der Waals surface area contributed by atoms with Crippen LogP contribution in [0, 0.1) is 0 Å². The van der Waals surface area contributed by atoms with Crippen LogP contribution < -0.4 is 4.74 Å². The van der Waals surface area contributed by atoms with Gasteiger partial charge in [-0.15, -0.1) is 11.8 Å². The van der Waals surface area contributed by atoms with Gasteiger partial charge in [-0.2, -0.15) is 0 Å². The lowest BCUT2D eigenvalue weighted by atomic mass is 10.2. The molecule has 1 heterocycles. The van der Waals surface area contributed by atoms with Crippen LogP contribution in [0.4, 0.5) is 0 Å². The van der Waals surface area contributed by atoms with Gasteiger partial charge in [0, 0.05) is 11.9 Å². The minimum Gasteiger partial charge on any atom is -0.497 e. The normalized spacial score (nSPS) is 10.2. The van der Waals surface area contributed by atoms with Crippen molar-refractivity contribution in [1.29, 1.82) is 0 Å². The molecule has 0 atom stereocenters. The molecule has 0 spiro atoms. The van der Waals surface area contributed by atoms with Crippen molar-refractivity contribution in [1.82, 2.24) is 4.98 Å². The van der Waals surface area contributed by atoms with Crippen LogP contribution in [0.5, 0.6) is 5.75 Å². The van der Waals surface area contributed by atoms with E-state index < -0.39 is 0 Å². The third kappa shape index (κ3) is 3.79. The van der Waals surface area contributed by atoms with Gasteiger partial charge in [-0.3, -0.25) is 0 Å². The third-order valence-electron chi connectivity index (χ3n) is 2.44. The maximum absolute atomic E-state index is 5.13. The number of aromatic nitrogens is 1. The summed E-state index contributed by atoms with van der Waals surface area (Å²) in [5.41, 5.74) is 1.33. The smallest absolute Gasteiger partial charge is 0.118 e. The summed E-state index contributed by atoms with van der Waals surface area (Å²) in [7, 11) is 1.69. The van der Waals surface area contributed by atoms with Crippen LogP contribution in [-0.4, -0.2) is 17.8 Å². The highest BCUT2D eigenvalue weighted by Crippen LogP contribution is 2.17. The van der Waals surface area contributed by atoms with Gasteiger partial charge in [0.25, 0.3) is 0 Å². The third-order valence-corrected chi connectivity index (χ3v) is 3.38. The van der Waals surface area contributed by atoms with Crippen molar-refractivity contribution in [3.8, 4) is 5.75 Å². The van der Waals surface area contributed by atoms with E-state index in [1.54, 1.807) is 18.9 Å². The number of hydrogen-bond donors (Lipinski definition) is 0. The monoisotopic (exact) mass is 245 g/mol. The molecule has 0 aliphatic rings. The van der Waals surface area contributed by atoms with Crippen molar-refractivity contribution >= 4 is 11.8 Å². The maximum atomic E-state index is 5.13. The van der Waals surface area contributed by atoms with Crippen LogP contribution in [0.3, 0.4) is 0 Å². The van der Waals surface area contributed by atoms with E-state index >= 15 is 0 Å². The van der Waals surface area contributed by atoms with E-state index in [9.17, 15) is 0 Å². The lowest BCUT2D eigenvalue weighted by molar-refractivity contribution is 0.414. The van der Waals surface area contributed by atoms with Crippen molar-refractivity contribution in [2.24, 2.45) is 0 Å². The van der Waals surface area contributed by atoms with Crippen LogP contribution in [0.2, 0.25) is 0 Å². The standard InChI is InChI=1S/C14H15NOS/c1-16-13-7-5-12(6-8-13)9-11-17-14-4-2-3-10-15-14/h2-8,10H,9,11H2,1H3. The number of rotatable bonds is 5. The van der Waals surface area contributed by atoms with Crippen LogP contribution in [-0.2, 0) is 6.42 Å². The second kappa shape index (κ2) is 6.30. The zero-order chi connectivity index (χ0) is 11.9. The molecule has 0 N–H and O–H groups in total. The molecule has 0 radical (unpaired) electrons. The number of ether oxygens (including phenoxy) is 1. The first-order valence-corrected chi connectivity index (χ1v) is 6.54. The van der Waals surface area contributed by atoms with Gasteiger partial charge in [0.15, 0.2) is 0 Å². The van der Waals surface area contributed by atoms with Gasteiger partial charge in [0.05, 0.1) is 12.1 Å². The molecule has 17 heavy (non-hydrogen) atoms. The van der Waals surface area contributed by atoms with E-state index in [4.69, 9.17) is 4.74 Å². The van der Waals surface area contributed by atoms with Crippen LogP contribution in [0.25, 0.3) is 0 Å². The molecule has 0 amide bonds. The van der Waals surface area contributed by atoms with Gasteiger partial charge in [0.2, 0.25) is 0 Å². The molecule has 2 aromatic rings. The summed E-state index contributed by atoms with van der Waals surface area (Å²) in [6.45, 7) is 0. The lowest BCUT2D eigenvalue weighted by Crippen LogP contribution is -1.90. The van der Waals surface area contributed by atoms with Crippen LogP contribution >= 0.6 is 11.8 Å². The maximum Gasteiger partial charge on any atom is 0.118 e. The average molecular weight is 245 g/mol. The number of benzene rings is 1. The molecule has 0 aliphatic heterocycles. The van der Waals surface area contributed by atoms with E-state index in [1.165, 1.54) is 5.56 Å². The fourth-order valence-corrected chi connectivity index (χ4v) is 2.36. The SMILES string of the molecule is COc1ccc(CCSc2ccccn2)cc1. The number of hydrogen-bond acceptors (Lipinski definition) is 3. The highest BCUT2D eigenvalue weighted by Gasteiger charge is 1.97. The predicted molar refractivity (Wildman–Crippen MR) is 71.7 cm³/mol. The average Bonchev–Trinajstić information content (AvgIpc) is 2.41. The molecule has 0 saturated heterocycles. The summed E-state index contributed by atoms with van der Waals surface area (Å²) in [4.78, 5) is 4.28. The van der Waals surface area contributed by atoms with Crippen molar-refractivity contribution < 1.29 is 4.74 Å². The number of nitrogens with zero attached hydrogens (tertiary/aromatic N) is 1. The second-order valence-electron chi connectivity index (χ2n) is 3.61. The van der Waals surface area contributed by atoms with E-state index in [0.29, 0.717) is 0 Å². The Morgan fingerprint density at radius 3 is 2.59 bits per heavy atom. The Kier molecular flexibility index (Phi) is 4.45. The Bertz CT molecular complexity index is 442. The molecule has 3 heteroatoms. The Morgan fingerprint density at radius 1 is 1.12 bits per heavy atom. The number of pyridine rings is 1. The summed E-state index contributed by atoms with van der Waals surface area (Å²) in [6.07, 6.45) is 2.88. The first-order valence-electron chi connectivity index (χ1n) is 5.55. The molecule has 0 unspecified atom stereocenters. The van der Waals surface area contributed by atoms with Gasteiger partial charge in [0.1, 0.15) is 5.75 Å². The molecular formula is C14H15NOS. The lowest BCUT2D eigenvalue weighted by Gasteiger charge is -2.03. The van der Waals surface area contributed by atoms with Crippen molar-refractivity contribution in [3.63, 3.8) is 0 Å². The summed E-state index contributed by atoms with van der Waals surface area (Å²) in [5, 5.41) is 1.08. The summed E-state index contributed by atoms with van der Waals surface area (Å²) >= 11 is 1.78. The second-order valence-corrected chi connectivity index (χ2v) is 4.73. The molecule has 1 aromatic heterocycles. The number of methoxy groups -OCH3 is 1. The largest absolute Gasteiger partial charge is 0.497 e. The quantitative estimate of drug-likeness (QED) is 0.753. The molecular weight excluding hydrogens is 230 g/mol. The highest BCUT2D eigenvalue weighted by atomic mass is 32.2. The number of thioether (sulfide) groups is 1. The first-order chi connectivity index (χ1) is 8.38. The van der Waals surface area contributed by atoms with Gasteiger partial charge in [-0.1, -0.05) is 18.2 Å². The zero-order valence-corrected chi connectivity index (χ0v) is 10.6. The Balaban J connectivity index is 1.82. The minimum absolute atomic E-state index is 0.908. The van der Waals surface area contributed by atoms with E-state index in [2.05, 4.69) is 17.1 Å². The molecule has 2 rings (SSSR count). The Hall–Kier alpha value is -1.48. The Labute approximate surface area is 106 Å². The highest BCUT2D eigenvalue weighted by molar-refractivity contribution is 7.99. The first kappa shape index (κ1) is 12.0. The van der Waals surface area contributed by atoms with Crippen molar-refractivity contribution in [3.05, 3.63) is 54.2 Å². The molecule has 0 fully saturated rings. The molecule has 0 aliphatic carbocycles. The fraction of sp³-hybridized carbons (Fsp3) is 0.214. The summed E-state index contributed by atoms with van der Waals surface area (Å²) in [5.74, 6) is 1.95. The zero-order valence-electron chi connectivity index (χ0n) is 9.80. The van der Waals surface area contributed by atoms with Gasteiger partial charge in [-0.05, 0) is 36.2 Å². The number of aryl methyl sites for hydroxylation is 1. The van der Waals surface area contributed by atoms with Crippen molar-refractivity contribution in [2.45, 2.75) is 11.4 Å². The van der Waals surface area contributed by atoms with E-state index in [1.807, 2.05) is 36.5 Å². The molecule has 2 nitrogen and oxygen atoms in total. The Morgan fingerprint density at radius 2 is 1.94 bits per heavy atom. The molecule has 1 aromatic carbocycles. The molecule has 88 valence electrons. The summed E-state index contributed by atoms with van der Waals surface area (Å²) in [6, 6.07) is 14.2. The fourth-order valence-electron chi connectivity index (χ4n) is 1.50. The van der Waals surface area contributed by atoms with Crippen LogP contribution in [0.15, 0.2) is 53.7 Å². The summed E-state index contributed by atoms with van der Waals surface area (Å²) < 4.78 is 5.13. The molecule has 0 saturated carbocycles. The topological polar surface area (TPSA) is 22.1 Å². The van der Waals surface area contributed by atoms with Gasteiger partial charge >= 0.3 is 0 Å². The van der Waals surface area contributed by atoms with Gasteiger partial charge in [-0.25, -0.2) is 4.98 Å². The molecule has 0 bridgehead atoms. The predicted octanol–water partition coefficient (Wildman–Crippen LogP) is 3.43. The van der Waals surface area contributed by atoms with E-state index in [-0.39, 0.29) is 0 Å². The van der Waals surface area contributed by atoms with Crippen molar-refractivity contribution in [2.75, 3.05) is 12.9 Å².